The van der Waals surface area contributed by atoms with Gasteiger partial charge in [-0.15, -0.1) is 11.3 Å². The second-order valence-electron chi connectivity index (χ2n) is 4.81. The first-order chi connectivity index (χ1) is 9.31. The second-order valence-corrected chi connectivity index (χ2v) is 6.13. The Labute approximate surface area is 117 Å². The predicted molar refractivity (Wildman–Crippen MR) is 77.9 cm³/mol. The highest BCUT2D eigenvalue weighted by molar-refractivity contribution is 7.11. The number of ether oxygens (including phenoxy) is 1. The van der Waals surface area contributed by atoms with Crippen molar-refractivity contribution < 1.29 is 4.74 Å². The Morgan fingerprint density at radius 2 is 2.37 bits per heavy atom. The molecule has 0 aliphatic carbocycles. The highest BCUT2D eigenvalue weighted by Gasteiger charge is 2.11. The lowest BCUT2D eigenvalue weighted by Crippen LogP contribution is -2.16. The first kappa shape index (κ1) is 12.6. The van der Waals surface area contributed by atoms with Gasteiger partial charge < -0.3 is 10.1 Å². The fourth-order valence-corrected chi connectivity index (χ4v) is 3.09. The summed E-state index contributed by atoms with van der Waals surface area (Å²) >= 11 is 1.76. The van der Waals surface area contributed by atoms with Crippen molar-refractivity contribution in [3.8, 4) is 5.75 Å². The Morgan fingerprint density at radius 1 is 1.42 bits per heavy atom. The summed E-state index contributed by atoms with van der Waals surface area (Å²) in [6, 6.07) is 6.55. The van der Waals surface area contributed by atoms with Crippen LogP contribution in [0.4, 0.5) is 0 Å². The van der Waals surface area contributed by atoms with Crippen molar-refractivity contribution in [2.24, 2.45) is 0 Å². The molecule has 0 radical (unpaired) electrons. The minimum atomic E-state index is 0.835. The lowest BCUT2D eigenvalue weighted by atomic mass is 10.1. The summed E-state index contributed by atoms with van der Waals surface area (Å²) in [6.45, 7) is 4.79. The zero-order valence-corrected chi connectivity index (χ0v) is 11.9. The SMILES string of the molecule is Cc1ncc(CNCCc2ccc3c(c2)CCO3)s1. The van der Waals surface area contributed by atoms with Gasteiger partial charge in [0.2, 0.25) is 0 Å². The van der Waals surface area contributed by atoms with Gasteiger partial charge in [0, 0.05) is 24.0 Å². The van der Waals surface area contributed by atoms with Crippen LogP contribution in [0.1, 0.15) is 21.0 Å². The van der Waals surface area contributed by atoms with E-state index in [0.717, 1.165) is 43.3 Å². The minimum Gasteiger partial charge on any atom is -0.493 e. The van der Waals surface area contributed by atoms with Gasteiger partial charge in [0.1, 0.15) is 5.75 Å². The molecule has 2 heterocycles. The van der Waals surface area contributed by atoms with Crippen LogP contribution in [0.15, 0.2) is 24.4 Å². The number of hydrogen-bond acceptors (Lipinski definition) is 4. The summed E-state index contributed by atoms with van der Waals surface area (Å²) < 4.78 is 5.52. The third-order valence-corrected chi connectivity index (χ3v) is 4.23. The van der Waals surface area contributed by atoms with Crippen LogP contribution >= 0.6 is 11.3 Å². The maximum atomic E-state index is 5.52. The van der Waals surface area contributed by atoms with Crippen LogP contribution in [0, 0.1) is 6.92 Å². The quantitative estimate of drug-likeness (QED) is 0.851. The molecule has 1 aliphatic rings. The van der Waals surface area contributed by atoms with Crippen molar-refractivity contribution >= 4 is 11.3 Å². The zero-order valence-electron chi connectivity index (χ0n) is 11.1. The van der Waals surface area contributed by atoms with Crippen LogP contribution in [0.25, 0.3) is 0 Å². The van der Waals surface area contributed by atoms with Crippen LogP contribution in [0.3, 0.4) is 0 Å². The van der Waals surface area contributed by atoms with Gasteiger partial charge in [-0.25, -0.2) is 4.98 Å². The molecule has 0 amide bonds. The van der Waals surface area contributed by atoms with Crippen molar-refractivity contribution in [2.75, 3.05) is 13.2 Å². The molecule has 1 aromatic heterocycles. The average molecular weight is 274 g/mol. The minimum absolute atomic E-state index is 0.835. The molecule has 3 nitrogen and oxygen atoms in total. The van der Waals surface area contributed by atoms with Crippen molar-refractivity contribution in [3.63, 3.8) is 0 Å². The summed E-state index contributed by atoms with van der Waals surface area (Å²) in [5.41, 5.74) is 2.74. The lowest BCUT2D eigenvalue weighted by Gasteiger charge is -2.05. The molecule has 0 saturated heterocycles. The highest BCUT2D eigenvalue weighted by Crippen LogP contribution is 2.25. The van der Waals surface area contributed by atoms with E-state index in [0.29, 0.717) is 0 Å². The summed E-state index contributed by atoms with van der Waals surface area (Å²) in [5.74, 6) is 1.07. The lowest BCUT2D eigenvalue weighted by molar-refractivity contribution is 0.357. The number of nitrogens with one attached hydrogen (secondary N) is 1. The van der Waals surface area contributed by atoms with Gasteiger partial charge in [0.05, 0.1) is 11.6 Å². The number of aryl methyl sites for hydroxylation is 1. The number of hydrogen-bond donors (Lipinski definition) is 1. The van der Waals surface area contributed by atoms with E-state index in [1.54, 1.807) is 11.3 Å². The third kappa shape index (κ3) is 3.14. The molecule has 0 fully saturated rings. The van der Waals surface area contributed by atoms with Crippen molar-refractivity contribution in [3.05, 3.63) is 45.4 Å². The largest absolute Gasteiger partial charge is 0.493 e. The molecule has 0 spiro atoms. The number of rotatable bonds is 5. The van der Waals surface area contributed by atoms with E-state index in [4.69, 9.17) is 4.74 Å². The standard InChI is InChI=1S/C15H18N2OS/c1-11-17-10-14(19-11)9-16-6-4-12-2-3-15-13(8-12)5-7-18-15/h2-3,8,10,16H,4-7,9H2,1H3. The molecule has 2 aromatic rings. The molecule has 0 saturated carbocycles. The summed E-state index contributed by atoms with van der Waals surface area (Å²) in [4.78, 5) is 5.56. The number of thiazole rings is 1. The highest BCUT2D eigenvalue weighted by atomic mass is 32.1. The molecule has 0 bridgehead atoms. The number of nitrogens with zero attached hydrogens (tertiary/aromatic N) is 1. The smallest absolute Gasteiger partial charge is 0.122 e. The third-order valence-electron chi connectivity index (χ3n) is 3.31. The van der Waals surface area contributed by atoms with Crippen molar-refractivity contribution in [1.29, 1.82) is 0 Å². The number of fused-ring (bicyclic) bond motifs is 1. The van der Waals surface area contributed by atoms with Gasteiger partial charge in [-0.3, -0.25) is 0 Å². The molecule has 1 N–H and O–H groups in total. The number of aromatic nitrogens is 1. The topological polar surface area (TPSA) is 34.2 Å². The van der Waals surface area contributed by atoms with Crippen LogP contribution in [0.2, 0.25) is 0 Å². The summed E-state index contributed by atoms with van der Waals surface area (Å²) in [5, 5.41) is 4.61. The van der Waals surface area contributed by atoms with Crippen LogP contribution in [-0.2, 0) is 19.4 Å². The molecule has 100 valence electrons. The second kappa shape index (κ2) is 5.72. The predicted octanol–water partition coefficient (Wildman–Crippen LogP) is 2.72. The fraction of sp³-hybridized carbons (Fsp3) is 0.400. The molecule has 19 heavy (non-hydrogen) atoms. The van der Waals surface area contributed by atoms with E-state index in [2.05, 4.69) is 28.5 Å². The Balaban J connectivity index is 1.47. The Morgan fingerprint density at radius 3 is 3.21 bits per heavy atom. The molecule has 3 rings (SSSR count). The van der Waals surface area contributed by atoms with Crippen molar-refractivity contribution in [2.45, 2.75) is 26.3 Å². The van der Waals surface area contributed by atoms with E-state index in [1.165, 1.54) is 16.0 Å². The molecule has 4 heteroatoms. The molecule has 1 aromatic carbocycles. The van der Waals surface area contributed by atoms with Crippen LogP contribution < -0.4 is 10.1 Å². The molecule has 1 aliphatic heterocycles. The number of benzene rings is 1. The molecule has 0 unspecified atom stereocenters. The maximum Gasteiger partial charge on any atom is 0.122 e. The maximum absolute atomic E-state index is 5.52. The average Bonchev–Trinajstić information content (AvgIpc) is 3.03. The first-order valence-corrected chi connectivity index (χ1v) is 7.49. The molecular formula is C15H18N2OS. The summed E-state index contributed by atoms with van der Waals surface area (Å²) in [6.07, 6.45) is 4.07. The monoisotopic (exact) mass is 274 g/mol. The zero-order chi connectivity index (χ0) is 13.1. The van der Waals surface area contributed by atoms with E-state index in [-0.39, 0.29) is 0 Å². The van der Waals surface area contributed by atoms with Crippen LogP contribution in [-0.4, -0.2) is 18.1 Å². The Bertz CT molecular complexity index is 565. The fourth-order valence-electron chi connectivity index (χ4n) is 2.33. The van der Waals surface area contributed by atoms with Crippen LogP contribution in [0.5, 0.6) is 5.75 Å². The normalized spacial score (nSPS) is 13.3. The summed E-state index contributed by atoms with van der Waals surface area (Å²) in [7, 11) is 0. The van der Waals surface area contributed by atoms with Gasteiger partial charge in [0.25, 0.3) is 0 Å². The van der Waals surface area contributed by atoms with Gasteiger partial charge in [-0.2, -0.15) is 0 Å². The molecular weight excluding hydrogens is 256 g/mol. The Hall–Kier alpha value is -1.39. The van der Waals surface area contributed by atoms with Crippen molar-refractivity contribution in [1.82, 2.24) is 10.3 Å². The van der Waals surface area contributed by atoms with E-state index in [1.807, 2.05) is 13.1 Å². The van der Waals surface area contributed by atoms with Gasteiger partial charge in [-0.05, 0) is 37.1 Å². The van der Waals surface area contributed by atoms with E-state index in [9.17, 15) is 0 Å². The van der Waals surface area contributed by atoms with Gasteiger partial charge >= 0.3 is 0 Å². The van der Waals surface area contributed by atoms with Gasteiger partial charge in [0.15, 0.2) is 0 Å². The molecule has 0 atom stereocenters. The Kier molecular flexibility index (Phi) is 3.80. The van der Waals surface area contributed by atoms with E-state index < -0.39 is 0 Å². The van der Waals surface area contributed by atoms with Gasteiger partial charge in [-0.1, -0.05) is 12.1 Å². The van der Waals surface area contributed by atoms with E-state index >= 15 is 0 Å². The first-order valence-electron chi connectivity index (χ1n) is 6.68.